The molecule has 0 aliphatic heterocycles. The lowest BCUT2D eigenvalue weighted by Crippen LogP contribution is -2.39. The summed E-state index contributed by atoms with van der Waals surface area (Å²) in [6.45, 7) is 0.822. The number of nitrogens with zero attached hydrogens (tertiary/aromatic N) is 1. The van der Waals surface area contributed by atoms with E-state index in [4.69, 9.17) is 9.47 Å². The van der Waals surface area contributed by atoms with E-state index in [1.54, 1.807) is 36.4 Å². The number of hydrogen-bond donors (Lipinski definition) is 2. The molecule has 0 saturated carbocycles. The van der Waals surface area contributed by atoms with Crippen molar-refractivity contribution < 1.29 is 32.4 Å². The molecule has 0 radical (unpaired) electrons. The highest BCUT2D eigenvalue weighted by Crippen LogP contribution is 2.24. The van der Waals surface area contributed by atoms with Crippen molar-refractivity contribution in [1.82, 2.24) is 10.0 Å². The molecule has 0 atom stereocenters. The van der Waals surface area contributed by atoms with Crippen molar-refractivity contribution in [3.05, 3.63) is 94.0 Å². The van der Waals surface area contributed by atoms with Gasteiger partial charge in [-0.1, -0.05) is 29.8 Å². The Morgan fingerprint density at radius 2 is 1.47 bits per heavy atom. The van der Waals surface area contributed by atoms with Crippen molar-refractivity contribution in [3.63, 3.8) is 0 Å². The van der Waals surface area contributed by atoms with Crippen LogP contribution in [0.4, 0.5) is 5.69 Å². The van der Waals surface area contributed by atoms with Crippen LogP contribution in [0.2, 0.25) is 0 Å². The fourth-order valence-electron chi connectivity index (χ4n) is 2.84. The highest BCUT2D eigenvalue weighted by atomic mass is 32.2. The van der Waals surface area contributed by atoms with E-state index in [9.17, 15) is 28.1 Å². The standard InChI is InChI=1S/C24H23N3O8S/c1-17-2-12-22(13-3-17)36(32,33)26-14-23(28)25-15-24(29)34-16-18-4-8-20(9-5-18)35-21-10-6-19(7-11-21)27(30)31/h2-13,26H,14-16H2,1H3,(H,25,28). The van der Waals surface area contributed by atoms with Gasteiger partial charge in [-0.2, -0.15) is 0 Å². The summed E-state index contributed by atoms with van der Waals surface area (Å²) in [5.74, 6) is -0.470. The van der Waals surface area contributed by atoms with Crippen LogP contribution in [0.5, 0.6) is 11.5 Å². The molecule has 12 heteroatoms. The molecule has 11 nitrogen and oxygen atoms in total. The van der Waals surface area contributed by atoms with Crippen molar-refractivity contribution >= 4 is 27.6 Å². The third-order valence-corrected chi connectivity index (χ3v) is 6.21. The number of ether oxygens (including phenoxy) is 2. The van der Waals surface area contributed by atoms with Gasteiger partial charge in [0.1, 0.15) is 24.7 Å². The third-order valence-electron chi connectivity index (χ3n) is 4.79. The lowest BCUT2D eigenvalue weighted by Gasteiger charge is -2.09. The summed E-state index contributed by atoms with van der Waals surface area (Å²) in [6, 6.07) is 18.4. The zero-order chi connectivity index (χ0) is 26.1. The highest BCUT2D eigenvalue weighted by Gasteiger charge is 2.16. The Morgan fingerprint density at radius 3 is 2.06 bits per heavy atom. The van der Waals surface area contributed by atoms with Crippen molar-refractivity contribution in [1.29, 1.82) is 0 Å². The van der Waals surface area contributed by atoms with E-state index in [0.29, 0.717) is 17.1 Å². The molecule has 0 aromatic heterocycles. The molecule has 0 aliphatic carbocycles. The van der Waals surface area contributed by atoms with E-state index >= 15 is 0 Å². The minimum atomic E-state index is -3.85. The van der Waals surface area contributed by atoms with Crippen LogP contribution in [-0.4, -0.2) is 38.3 Å². The number of rotatable bonds is 11. The number of esters is 1. The number of aryl methyl sites for hydroxylation is 1. The van der Waals surface area contributed by atoms with E-state index < -0.39 is 39.9 Å². The topological polar surface area (TPSA) is 154 Å². The first kappa shape index (κ1) is 26.3. The monoisotopic (exact) mass is 513 g/mol. The van der Waals surface area contributed by atoms with Crippen molar-refractivity contribution in [2.24, 2.45) is 0 Å². The van der Waals surface area contributed by atoms with Crippen LogP contribution in [0.3, 0.4) is 0 Å². The van der Waals surface area contributed by atoms with Gasteiger partial charge in [0, 0.05) is 12.1 Å². The summed E-state index contributed by atoms with van der Waals surface area (Å²) in [4.78, 5) is 34.0. The van der Waals surface area contributed by atoms with E-state index in [1.807, 2.05) is 6.92 Å². The SMILES string of the molecule is Cc1ccc(S(=O)(=O)NCC(=O)NCC(=O)OCc2ccc(Oc3ccc([N+](=O)[O-])cc3)cc2)cc1. The quantitative estimate of drug-likeness (QED) is 0.225. The van der Waals surface area contributed by atoms with Gasteiger partial charge in [0.25, 0.3) is 5.69 Å². The van der Waals surface area contributed by atoms with Crippen LogP contribution < -0.4 is 14.8 Å². The van der Waals surface area contributed by atoms with Gasteiger partial charge in [-0.15, -0.1) is 0 Å². The molecule has 3 aromatic carbocycles. The Labute approximate surface area is 207 Å². The van der Waals surface area contributed by atoms with Crippen LogP contribution in [0, 0.1) is 17.0 Å². The van der Waals surface area contributed by atoms with E-state index in [-0.39, 0.29) is 17.2 Å². The Balaban J connectivity index is 1.38. The highest BCUT2D eigenvalue weighted by molar-refractivity contribution is 7.89. The number of nitro groups is 1. The van der Waals surface area contributed by atoms with Crippen molar-refractivity contribution in [3.8, 4) is 11.5 Å². The van der Waals surface area contributed by atoms with Crippen LogP contribution in [-0.2, 0) is 31.0 Å². The molecule has 1 amide bonds. The van der Waals surface area contributed by atoms with Crippen LogP contribution in [0.1, 0.15) is 11.1 Å². The molecule has 0 aliphatic rings. The molecule has 36 heavy (non-hydrogen) atoms. The number of non-ortho nitro benzene ring substituents is 1. The van der Waals surface area contributed by atoms with Crippen LogP contribution >= 0.6 is 0 Å². The number of hydrogen-bond acceptors (Lipinski definition) is 8. The summed E-state index contributed by atoms with van der Waals surface area (Å²) < 4.78 is 37.3. The van der Waals surface area contributed by atoms with Gasteiger partial charge in [-0.3, -0.25) is 19.7 Å². The Hall–Kier alpha value is -4.29. The molecule has 3 aromatic rings. The predicted octanol–water partition coefficient (Wildman–Crippen LogP) is 2.83. The molecule has 188 valence electrons. The number of benzene rings is 3. The fourth-order valence-corrected chi connectivity index (χ4v) is 3.82. The molecule has 0 fully saturated rings. The van der Waals surface area contributed by atoms with Crippen LogP contribution in [0.15, 0.2) is 77.7 Å². The maximum Gasteiger partial charge on any atom is 0.325 e. The average Bonchev–Trinajstić information content (AvgIpc) is 2.86. The molecule has 3 rings (SSSR count). The number of carbonyl (C=O) groups excluding carboxylic acids is 2. The lowest BCUT2D eigenvalue weighted by atomic mass is 10.2. The lowest BCUT2D eigenvalue weighted by molar-refractivity contribution is -0.384. The zero-order valence-corrected chi connectivity index (χ0v) is 20.0. The second kappa shape index (κ2) is 11.9. The Kier molecular flexibility index (Phi) is 8.71. The number of carbonyl (C=O) groups is 2. The molecule has 2 N–H and O–H groups in total. The maximum atomic E-state index is 12.2. The smallest absolute Gasteiger partial charge is 0.325 e. The number of nitrogens with one attached hydrogen (secondary N) is 2. The fraction of sp³-hybridized carbons (Fsp3) is 0.167. The maximum absolute atomic E-state index is 12.2. The molecule has 0 spiro atoms. The summed E-state index contributed by atoms with van der Waals surface area (Å²) in [7, 11) is -3.85. The first-order valence-corrected chi connectivity index (χ1v) is 12.1. The predicted molar refractivity (Wildman–Crippen MR) is 129 cm³/mol. The van der Waals surface area contributed by atoms with E-state index in [1.165, 1.54) is 36.4 Å². The van der Waals surface area contributed by atoms with E-state index in [2.05, 4.69) is 10.0 Å². The largest absolute Gasteiger partial charge is 0.460 e. The molecule has 0 unspecified atom stereocenters. The van der Waals surface area contributed by atoms with Gasteiger partial charge in [0.2, 0.25) is 15.9 Å². The van der Waals surface area contributed by atoms with Gasteiger partial charge >= 0.3 is 5.97 Å². The molecule has 0 saturated heterocycles. The second-order valence-corrected chi connectivity index (χ2v) is 9.34. The number of nitro benzene ring substituents is 1. The average molecular weight is 514 g/mol. The molecule has 0 bridgehead atoms. The minimum absolute atomic E-state index is 0.0319. The first-order valence-electron chi connectivity index (χ1n) is 10.6. The van der Waals surface area contributed by atoms with Gasteiger partial charge in [-0.05, 0) is 48.9 Å². The zero-order valence-electron chi connectivity index (χ0n) is 19.2. The van der Waals surface area contributed by atoms with Gasteiger partial charge < -0.3 is 14.8 Å². The van der Waals surface area contributed by atoms with E-state index in [0.717, 1.165) is 5.56 Å². The second-order valence-electron chi connectivity index (χ2n) is 7.57. The molecular weight excluding hydrogens is 490 g/mol. The Bertz CT molecular complexity index is 1320. The van der Waals surface area contributed by atoms with Gasteiger partial charge in [0.05, 0.1) is 16.4 Å². The Morgan fingerprint density at radius 1 is 0.889 bits per heavy atom. The summed E-state index contributed by atoms with van der Waals surface area (Å²) in [5, 5.41) is 13.0. The van der Waals surface area contributed by atoms with Gasteiger partial charge in [0.15, 0.2) is 0 Å². The molecular formula is C24H23N3O8S. The first-order chi connectivity index (χ1) is 17.1. The van der Waals surface area contributed by atoms with Gasteiger partial charge in [-0.25, -0.2) is 13.1 Å². The summed E-state index contributed by atoms with van der Waals surface area (Å²) >= 11 is 0. The summed E-state index contributed by atoms with van der Waals surface area (Å²) in [6.07, 6.45) is 0. The number of sulfonamides is 1. The molecule has 0 heterocycles. The minimum Gasteiger partial charge on any atom is -0.460 e. The van der Waals surface area contributed by atoms with Crippen molar-refractivity contribution in [2.45, 2.75) is 18.4 Å². The summed E-state index contributed by atoms with van der Waals surface area (Å²) in [5.41, 5.74) is 1.52. The normalized spacial score (nSPS) is 10.9. The van der Waals surface area contributed by atoms with Crippen molar-refractivity contribution in [2.75, 3.05) is 13.1 Å². The van der Waals surface area contributed by atoms with Crippen LogP contribution in [0.25, 0.3) is 0 Å². The third kappa shape index (κ3) is 7.89. The number of amides is 1.